The molecular weight excluding hydrogens is 248 g/mol. The molecule has 3 nitrogen and oxygen atoms in total. The lowest BCUT2D eigenvalue weighted by atomic mass is 9.90. The predicted molar refractivity (Wildman–Crippen MR) is 82.1 cm³/mol. The molecule has 1 aromatic rings. The van der Waals surface area contributed by atoms with Gasteiger partial charge in [0.2, 0.25) is 0 Å². The average molecular weight is 274 g/mol. The zero-order chi connectivity index (χ0) is 13.9. The van der Waals surface area contributed by atoms with E-state index >= 15 is 0 Å². The van der Waals surface area contributed by atoms with Crippen LogP contribution in [0.5, 0.6) is 5.75 Å². The summed E-state index contributed by atoms with van der Waals surface area (Å²) in [5.41, 5.74) is 1.33. The summed E-state index contributed by atoms with van der Waals surface area (Å²) in [5.74, 6) is 1.83. The summed E-state index contributed by atoms with van der Waals surface area (Å²) < 4.78 is 5.75. The largest absolute Gasteiger partial charge is 0.493 e. The number of likely N-dealkylation sites (tertiary alicyclic amines) is 1. The lowest BCUT2D eigenvalue weighted by molar-refractivity contribution is 0.164. The van der Waals surface area contributed by atoms with Crippen LogP contribution >= 0.6 is 0 Å². The first-order valence-corrected chi connectivity index (χ1v) is 7.90. The van der Waals surface area contributed by atoms with E-state index in [1.165, 1.54) is 31.5 Å². The van der Waals surface area contributed by atoms with Crippen LogP contribution in [-0.4, -0.2) is 37.7 Å². The third-order valence-corrected chi connectivity index (χ3v) is 4.79. The van der Waals surface area contributed by atoms with Gasteiger partial charge in [0.1, 0.15) is 5.75 Å². The second-order valence-corrected chi connectivity index (χ2v) is 6.35. The third kappa shape index (κ3) is 2.99. The van der Waals surface area contributed by atoms with E-state index in [0.29, 0.717) is 12.1 Å². The molecule has 1 aromatic carbocycles. The molecule has 1 N–H and O–H groups in total. The summed E-state index contributed by atoms with van der Waals surface area (Å²) >= 11 is 0. The van der Waals surface area contributed by atoms with Gasteiger partial charge in [-0.05, 0) is 45.3 Å². The summed E-state index contributed by atoms with van der Waals surface area (Å²) in [6.07, 6.45) is 3.75. The molecule has 0 bridgehead atoms. The van der Waals surface area contributed by atoms with E-state index in [-0.39, 0.29) is 0 Å². The minimum absolute atomic E-state index is 0.446. The van der Waals surface area contributed by atoms with E-state index < -0.39 is 0 Å². The Labute approximate surface area is 122 Å². The maximum Gasteiger partial charge on any atom is 0.124 e. The highest BCUT2D eigenvalue weighted by atomic mass is 16.5. The van der Waals surface area contributed by atoms with Gasteiger partial charge in [0.05, 0.1) is 6.61 Å². The molecule has 20 heavy (non-hydrogen) atoms. The highest BCUT2D eigenvalue weighted by Gasteiger charge is 2.27. The maximum absolute atomic E-state index is 5.75. The second-order valence-electron chi connectivity index (χ2n) is 6.35. The van der Waals surface area contributed by atoms with Crippen LogP contribution in [0.3, 0.4) is 0 Å². The zero-order valence-corrected chi connectivity index (χ0v) is 12.6. The maximum atomic E-state index is 5.75. The van der Waals surface area contributed by atoms with Crippen molar-refractivity contribution in [2.45, 2.75) is 38.3 Å². The predicted octanol–water partition coefficient (Wildman–Crippen LogP) is 2.83. The van der Waals surface area contributed by atoms with Crippen molar-refractivity contribution in [2.24, 2.45) is 5.92 Å². The van der Waals surface area contributed by atoms with E-state index in [1.54, 1.807) is 0 Å². The van der Waals surface area contributed by atoms with Crippen molar-refractivity contribution in [3.8, 4) is 5.75 Å². The fourth-order valence-electron chi connectivity index (χ4n) is 3.58. The Morgan fingerprint density at radius 1 is 1.30 bits per heavy atom. The molecule has 3 rings (SSSR count). The molecule has 3 heteroatoms. The summed E-state index contributed by atoms with van der Waals surface area (Å²) in [4.78, 5) is 2.46. The Hall–Kier alpha value is -1.06. The Bertz CT molecular complexity index is 448. The molecule has 3 atom stereocenters. The number of fused-ring (bicyclic) bond motifs is 1. The number of para-hydroxylation sites is 1. The van der Waals surface area contributed by atoms with Gasteiger partial charge in [0, 0.05) is 30.6 Å². The minimum atomic E-state index is 0.446. The highest BCUT2D eigenvalue weighted by molar-refractivity contribution is 5.37. The van der Waals surface area contributed by atoms with E-state index in [1.807, 2.05) is 0 Å². The number of piperidine rings is 1. The first-order chi connectivity index (χ1) is 9.74. The van der Waals surface area contributed by atoms with Crippen molar-refractivity contribution in [2.75, 3.05) is 26.7 Å². The van der Waals surface area contributed by atoms with Gasteiger partial charge in [-0.3, -0.25) is 0 Å². The second kappa shape index (κ2) is 6.15. The number of hydrogen-bond donors (Lipinski definition) is 1. The Morgan fingerprint density at radius 3 is 3.00 bits per heavy atom. The topological polar surface area (TPSA) is 24.5 Å². The molecule has 2 aliphatic heterocycles. The van der Waals surface area contributed by atoms with Gasteiger partial charge in [-0.1, -0.05) is 18.2 Å². The summed E-state index contributed by atoms with van der Waals surface area (Å²) in [7, 11) is 2.24. The Kier molecular flexibility index (Phi) is 4.27. The van der Waals surface area contributed by atoms with Crippen LogP contribution in [-0.2, 0) is 0 Å². The van der Waals surface area contributed by atoms with Gasteiger partial charge in [0.15, 0.2) is 0 Å². The summed E-state index contributed by atoms with van der Waals surface area (Å²) in [5, 5.41) is 3.86. The number of nitrogens with zero attached hydrogens (tertiary/aromatic N) is 1. The van der Waals surface area contributed by atoms with Crippen LogP contribution in [0.25, 0.3) is 0 Å². The molecule has 2 heterocycles. The molecule has 0 spiro atoms. The average Bonchev–Trinajstić information content (AvgIpc) is 2.47. The van der Waals surface area contributed by atoms with Crippen LogP contribution in [0.15, 0.2) is 24.3 Å². The molecule has 3 unspecified atom stereocenters. The standard InChI is InChI=1S/C17H26N2O/c1-13(14-6-5-10-19(2)12-14)18-16-9-11-20-17-8-4-3-7-15(16)17/h3-4,7-8,13-14,16,18H,5-6,9-12H2,1-2H3. The van der Waals surface area contributed by atoms with Crippen molar-refractivity contribution in [1.29, 1.82) is 0 Å². The third-order valence-electron chi connectivity index (χ3n) is 4.79. The van der Waals surface area contributed by atoms with Gasteiger partial charge in [-0.15, -0.1) is 0 Å². The molecule has 0 aromatic heterocycles. The van der Waals surface area contributed by atoms with Crippen LogP contribution in [0.1, 0.15) is 37.8 Å². The van der Waals surface area contributed by atoms with Crippen LogP contribution in [0, 0.1) is 5.92 Å². The highest BCUT2D eigenvalue weighted by Crippen LogP contribution is 2.32. The molecule has 1 saturated heterocycles. The fraction of sp³-hybridized carbons (Fsp3) is 0.647. The number of benzene rings is 1. The first kappa shape index (κ1) is 13.9. The van der Waals surface area contributed by atoms with Gasteiger partial charge < -0.3 is 15.0 Å². The van der Waals surface area contributed by atoms with E-state index in [4.69, 9.17) is 4.74 Å². The van der Waals surface area contributed by atoms with Crippen LogP contribution in [0.4, 0.5) is 0 Å². The van der Waals surface area contributed by atoms with E-state index in [0.717, 1.165) is 24.7 Å². The quantitative estimate of drug-likeness (QED) is 0.917. The number of ether oxygens (including phenoxy) is 1. The molecule has 2 aliphatic rings. The minimum Gasteiger partial charge on any atom is -0.493 e. The van der Waals surface area contributed by atoms with E-state index in [2.05, 4.69) is 48.5 Å². The molecule has 0 amide bonds. The normalized spacial score (nSPS) is 28.5. The van der Waals surface area contributed by atoms with Crippen molar-refractivity contribution in [3.63, 3.8) is 0 Å². The van der Waals surface area contributed by atoms with Crippen molar-refractivity contribution < 1.29 is 4.74 Å². The van der Waals surface area contributed by atoms with Gasteiger partial charge in [-0.25, -0.2) is 0 Å². The van der Waals surface area contributed by atoms with Gasteiger partial charge in [0.25, 0.3) is 0 Å². The number of rotatable bonds is 3. The van der Waals surface area contributed by atoms with Gasteiger partial charge in [-0.2, -0.15) is 0 Å². The lowest BCUT2D eigenvalue weighted by Gasteiger charge is -2.37. The van der Waals surface area contributed by atoms with Crippen LogP contribution < -0.4 is 10.1 Å². The fourth-order valence-corrected chi connectivity index (χ4v) is 3.58. The number of nitrogens with one attached hydrogen (secondary N) is 1. The molecule has 110 valence electrons. The molecule has 0 radical (unpaired) electrons. The summed E-state index contributed by atoms with van der Waals surface area (Å²) in [6, 6.07) is 9.46. The molecule has 0 saturated carbocycles. The zero-order valence-electron chi connectivity index (χ0n) is 12.6. The Balaban J connectivity index is 1.66. The van der Waals surface area contributed by atoms with Crippen LogP contribution in [0.2, 0.25) is 0 Å². The monoisotopic (exact) mass is 274 g/mol. The lowest BCUT2D eigenvalue weighted by Crippen LogP contribution is -2.44. The molecular formula is C17H26N2O. The molecule has 0 aliphatic carbocycles. The van der Waals surface area contributed by atoms with Crippen molar-refractivity contribution >= 4 is 0 Å². The molecule has 1 fully saturated rings. The SMILES string of the molecule is CC(NC1CCOc2ccccc21)C1CCCN(C)C1. The number of hydrogen-bond acceptors (Lipinski definition) is 3. The first-order valence-electron chi connectivity index (χ1n) is 7.90. The van der Waals surface area contributed by atoms with Crippen molar-refractivity contribution in [3.05, 3.63) is 29.8 Å². The Morgan fingerprint density at radius 2 is 2.15 bits per heavy atom. The smallest absolute Gasteiger partial charge is 0.124 e. The van der Waals surface area contributed by atoms with E-state index in [9.17, 15) is 0 Å². The van der Waals surface area contributed by atoms with Gasteiger partial charge >= 0.3 is 0 Å². The van der Waals surface area contributed by atoms with Crippen molar-refractivity contribution in [1.82, 2.24) is 10.2 Å². The summed E-state index contributed by atoms with van der Waals surface area (Å²) in [6.45, 7) is 5.65.